The SMILES string of the molecule is C[C@]12C=CC(=O)C=C1[C@@H](F)C[C@H]1[C@@H]3C[C@H]4CN(Cc5ccccc5)C[C@@]4(C(=O)OCCO)[C@@]3(C)C[C@H](O)[C@@]12F. The van der Waals surface area contributed by atoms with E-state index in [0.717, 1.165) is 5.56 Å². The van der Waals surface area contributed by atoms with Crippen LogP contribution in [0.15, 0.2) is 54.1 Å². The Morgan fingerprint density at radius 1 is 1.18 bits per heavy atom. The summed E-state index contributed by atoms with van der Waals surface area (Å²) >= 11 is 0. The maximum Gasteiger partial charge on any atom is 0.314 e. The molecule has 0 bridgehead atoms. The van der Waals surface area contributed by atoms with Crippen molar-refractivity contribution in [3.05, 3.63) is 59.7 Å². The molecular weight excluding hydrogens is 504 g/mol. The monoisotopic (exact) mass is 541 g/mol. The summed E-state index contributed by atoms with van der Waals surface area (Å²) in [6.45, 7) is 4.74. The van der Waals surface area contributed by atoms with Gasteiger partial charge in [-0.15, -0.1) is 0 Å². The highest BCUT2D eigenvalue weighted by Gasteiger charge is 2.78. The Labute approximate surface area is 227 Å². The third kappa shape index (κ3) is 3.47. The van der Waals surface area contributed by atoms with Crippen molar-refractivity contribution in [2.45, 2.75) is 57.6 Å². The van der Waals surface area contributed by atoms with Gasteiger partial charge >= 0.3 is 5.97 Å². The molecule has 1 saturated heterocycles. The summed E-state index contributed by atoms with van der Waals surface area (Å²) in [6, 6.07) is 9.97. The molecule has 210 valence electrons. The van der Waals surface area contributed by atoms with Crippen molar-refractivity contribution in [1.29, 1.82) is 0 Å². The number of rotatable bonds is 5. The number of ketones is 1. The highest BCUT2D eigenvalue weighted by atomic mass is 19.1. The zero-order valence-electron chi connectivity index (χ0n) is 22.5. The second-order valence-electron chi connectivity index (χ2n) is 12.8. The van der Waals surface area contributed by atoms with Crippen molar-refractivity contribution in [3.8, 4) is 0 Å². The molecule has 6 rings (SSSR count). The Hall–Kier alpha value is -2.42. The average Bonchev–Trinajstić information content (AvgIpc) is 3.38. The predicted octanol–water partition coefficient (Wildman–Crippen LogP) is 3.57. The van der Waals surface area contributed by atoms with Crippen LogP contribution in [0.2, 0.25) is 0 Å². The van der Waals surface area contributed by atoms with Gasteiger partial charge in [0.25, 0.3) is 0 Å². The van der Waals surface area contributed by atoms with Crippen molar-refractivity contribution in [3.63, 3.8) is 0 Å². The van der Waals surface area contributed by atoms with Crippen LogP contribution in [0.1, 0.15) is 38.7 Å². The largest absolute Gasteiger partial charge is 0.463 e. The molecule has 0 radical (unpaired) electrons. The zero-order valence-corrected chi connectivity index (χ0v) is 22.5. The third-order valence-electron chi connectivity index (χ3n) is 11.2. The Balaban J connectivity index is 1.41. The topological polar surface area (TPSA) is 87.1 Å². The van der Waals surface area contributed by atoms with Crippen LogP contribution in [-0.2, 0) is 20.9 Å². The van der Waals surface area contributed by atoms with Gasteiger partial charge in [0.2, 0.25) is 0 Å². The van der Waals surface area contributed by atoms with Crippen LogP contribution in [0, 0.1) is 34.0 Å². The minimum absolute atomic E-state index is 0.0240. The molecule has 1 heterocycles. The minimum Gasteiger partial charge on any atom is -0.463 e. The molecule has 6 nitrogen and oxygen atoms in total. The summed E-state index contributed by atoms with van der Waals surface area (Å²) in [5.74, 6) is -2.16. The van der Waals surface area contributed by atoms with Gasteiger partial charge in [0, 0.05) is 31.0 Å². The van der Waals surface area contributed by atoms with E-state index in [2.05, 4.69) is 4.90 Å². The van der Waals surface area contributed by atoms with Crippen LogP contribution >= 0.6 is 0 Å². The fraction of sp³-hybridized carbons (Fsp3) is 0.613. The van der Waals surface area contributed by atoms with Gasteiger partial charge in [-0.05, 0) is 66.7 Å². The van der Waals surface area contributed by atoms with E-state index in [1.807, 2.05) is 37.3 Å². The predicted molar refractivity (Wildman–Crippen MR) is 140 cm³/mol. The van der Waals surface area contributed by atoms with Crippen molar-refractivity contribution in [2.24, 2.45) is 34.0 Å². The summed E-state index contributed by atoms with van der Waals surface area (Å²) in [4.78, 5) is 28.3. The first-order chi connectivity index (χ1) is 18.5. The number of esters is 1. The van der Waals surface area contributed by atoms with Crippen molar-refractivity contribution >= 4 is 11.8 Å². The number of alkyl halides is 2. The lowest BCUT2D eigenvalue weighted by molar-refractivity contribution is -0.217. The van der Waals surface area contributed by atoms with Crippen LogP contribution in [-0.4, -0.2) is 71.1 Å². The lowest BCUT2D eigenvalue weighted by Gasteiger charge is -2.63. The van der Waals surface area contributed by atoms with Gasteiger partial charge < -0.3 is 14.9 Å². The van der Waals surface area contributed by atoms with Crippen LogP contribution in [0.5, 0.6) is 0 Å². The molecule has 0 aromatic heterocycles. The van der Waals surface area contributed by atoms with Crippen LogP contribution in [0.4, 0.5) is 8.78 Å². The molecule has 4 aliphatic carbocycles. The number of carbonyl (C=O) groups excluding carboxylic acids is 2. The molecule has 9 atom stereocenters. The van der Waals surface area contributed by atoms with Crippen LogP contribution < -0.4 is 0 Å². The highest BCUT2D eigenvalue weighted by Crippen LogP contribution is 2.74. The quantitative estimate of drug-likeness (QED) is 0.555. The van der Waals surface area contributed by atoms with Crippen molar-refractivity contribution < 1.29 is 33.3 Å². The number of hydrogen-bond donors (Lipinski definition) is 2. The smallest absolute Gasteiger partial charge is 0.314 e. The Morgan fingerprint density at radius 2 is 1.92 bits per heavy atom. The van der Waals surface area contributed by atoms with E-state index in [-0.39, 0.29) is 49.2 Å². The number of carbonyl (C=O) groups is 2. The van der Waals surface area contributed by atoms with E-state index >= 15 is 8.78 Å². The number of likely N-dealkylation sites (tertiary alicyclic amines) is 1. The Bertz CT molecular complexity index is 1240. The molecule has 4 fully saturated rings. The molecule has 1 aromatic carbocycles. The van der Waals surface area contributed by atoms with E-state index in [4.69, 9.17) is 4.74 Å². The zero-order chi connectivity index (χ0) is 27.8. The minimum atomic E-state index is -2.18. The fourth-order valence-electron chi connectivity index (χ4n) is 9.44. The molecule has 5 aliphatic rings. The van der Waals surface area contributed by atoms with Gasteiger partial charge in [0.15, 0.2) is 11.5 Å². The third-order valence-corrected chi connectivity index (χ3v) is 11.2. The number of ether oxygens (including phenoxy) is 1. The number of aliphatic hydroxyl groups excluding tert-OH is 2. The molecular formula is C31H37F2NO5. The van der Waals surface area contributed by atoms with E-state index in [1.54, 1.807) is 6.92 Å². The number of nitrogens with zero attached hydrogens (tertiary/aromatic N) is 1. The first-order valence-corrected chi connectivity index (χ1v) is 14.0. The van der Waals surface area contributed by atoms with Gasteiger partial charge in [-0.3, -0.25) is 14.5 Å². The van der Waals surface area contributed by atoms with Gasteiger partial charge in [-0.25, -0.2) is 8.78 Å². The standard InChI is InChI=1S/C31H37F2NO5/c1-28-9-8-21(36)13-24(28)25(32)14-23-22-12-20-17-34(16-19-6-4-3-5-7-19)18-30(20,27(38)39-11-10-35)29(22,2)15-26(37)31(23,28)33/h3-9,13,20,22-23,25-26,35,37H,10-12,14-18H2,1-2H3/t20-,22-,23-,25-,26-,28-,29-,30+,31-/m0/s1. The van der Waals surface area contributed by atoms with Crippen molar-refractivity contribution in [1.82, 2.24) is 4.90 Å². The number of benzene rings is 1. The summed E-state index contributed by atoms with van der Waals surface area (Å²) < 4.78 is 38.9. The summed E-state index contributed by atoms with van der Waals surface area (Å²) in [6.07, 6.45) is 1.34. The molecule has 8 heteroatoms. The second kappa shape index (κ2) is 9.05. The molecule has 3 saturated carbocycles. The van der Waals surface area contributed by atoms with Gasteiger partial charge in [0.05, 0.1) is 18.1 Å². The molecule has 1 aliphatic heterocycles. The molecule has 2 N–H and O–H groups in total. The molecule has 1 aromatic rings. The van der Waals surface area contributed by atoms with Crippen LogP contribution in [0.25, 0.3) is 0 Å². The Kier molecular flexibility index (Phi) is 6.21. The van der Waals surface area contributed by atoms with Gasteiger partial charge in [-0.1, -0.05) is 43.3 Å². The van der Waals surface area contributed by atoms with E-state index in [0.29, 0.717) is 26.1 Å². The lowest BCUT2D eigenvalue weighted by atomic mass is 9.43. The van der Waals surface area contributed by atoms with E-state index < -0.39 is 46.1 Å². The number of allylic oxidation sites excluding steroid dienone is 4. The second-order valence-corrected chi connectivity index (χ2v) is 12.8. The first kappa shape index (κ1) is 26.8. The number of halogens is 2. The lowest BCUT2D eigenvalue weighted by Crippen LogP contribution is -2.69. The van der Waals surface area contributed by atoms with Crippen molar-refractivity contribution in [2.75, 3.05) is 26.3 Å². The summed E-state index contributed by atoms with van der Waals surface area (Å²) in [7, 11) is 0. The van der Waals surface area contributed by atoms with E-state index in [1.165, 1.54) is 18.2 Å². The maximum absolute atomic E-state index is 17.5. The summed E-state index contributed by atoms with van der Waals surface area (Å²) in [5, 5.41) is 21.1. The Morgan fingerprint density at radius 3 is 2.64 bits per heavy atom. The molecule has 0 spiro atoms. The fourth-order valence-corrected chi connectivity index (χ4v) is 9.44. The van der Waals surface area contributed by atoms with Crippen LogP contribution in [0.3, 0.4) is 0 Å². The number of fused-ring (bicyclic) bond motifs is 7. The summed E-state index contributed by atoms with van der Waals surface area (Å²) in [5.41, 5.74) is -4.29. The average molecular weight is 542 g/mol. The van der Waals surface area contributed by atoms with Gasteiger partial charge in [-0.2, -0.15) is 0 Å². The number of aliphatic hydroxyl groups is 2. The molecule has 0 amide bonds. The molecule has 0 unspecified atom stereocenters. The normalized spacial score (nSPS) is 44.7. The highest BCUT2D eigenvalue weighted by molar-refractivity contribution is 6.01. The first-order valence-electron chi connectivity index (χ1n) is 14.0. The number of hydrogen-bond acceptors (Lipinski definition) is 6. The molecule has 39 heavy (non-hydrogen) atoms. The van der Waals surface area contributed by atoms with E-state index in [9.17, 15) is 19.8 Å². The maximum atomic E-state index is 17.5. The van der Waals surface area contributed by atoms with Gasteiger partial charge in [0.1, 0.15) is 12.8 Å².